The number of nitrogens with zero attached hydrogens (tertiary/aromatic N) is 2. The Hall–Kier alpha value is -2.48. The monoisotopic (exact) mass is 437 g/mol. The molecule has 0 spiro atoms. The van der Waals surface area contributed by atoms with Crippen LogP contribution in [0.15, 0.2) is 42.5 Å². The molecule has 3 amide bonds. The van der Waals surface area contributed by atoms with E-state index in [2.05, 4.69) is 5.32 Å². The summed E-state index contributed by atoms with van der Waals surface area (Å²) >= 11 is 12.0. The van der Waals surface area contributed by atoms with Gasteiger partial charge in [-0.05, 0) is 42.3 Å². The van der Waals surface area contributed by atoms with Crippen molar-refractivity contribution in [1.82, 2.24) is 4.90 Å². The number of rotatable bonds is 7. The van der Waals surface area contributed by atoms with Crippen LogP contribution in [0.4, 0.5) is 21.0 Å². The number of ether oxygens (including phenoxy) is 1. The Morgan fingerprint density at radius 3 is 2.72 bits per heavy atom. The first-order chi connectivity index (χ1) is 14.0. The molecule has 1 aliphatic rings. The van der Waals surface area contributed by atoms with Crippen molar-refractivity contribution in [1.29, 1.82) is 0 Å². The molecule has 0 saturated carbocycles. The van der Waals surface area contributed by atoms with E-state index in [0.29, 0.717) is 54.1 Å². The standard InChI is InChI=1S/C20H21Cl2N3O4/c21-17-6-5-14(11-18(17)22)13-24(7-2-9-26)19(27)23-15-3-1-4-16(12-15)25-8-10-29-20(25)28/h1,3-6,11-12,26H,2,7-10,13H2,(H,23,27). The van der Waals surface area contributed by atoms with E-state index in [9.17, 15) is 9.59 Å². The van der Waals surface area contributed by atoms with Gasteiger partial charge < -0.3 is 20.1 Å². The maximum Gasteiger partial charge on any atom is 0.414 e. The van der Waals surface area contributed by atoms with Crippen LogP contribution in [0, 0.1) is 0 Å². The van der Waals surface area contributed by atoms with Crippen molar-refractivity contribution in [2.75, 3.05) is 36.5 Å². The van der Waals surface area contributed by atoms with Crippen LogP contribution in [0.1, 0.15) is 12.0 Å². The molecule has 0 aromatic heterocycles. The summed E-state index contributed by atoms with van der Waals surface area (Å²) in [6.07, 6.45) is 0.0339. The molecule has 7 nitrogen and oxygen atoms in total. The lowest BCUT2D eigenvalue weighted by molar-refractivity contribution is 0.181. The van der Waals surface area contributed by atoms with Gasteiger partial charge in [0.05, 0.1) is 16.6 Å². The van der Waals surface area contributed by atoms with E-state index in [4.69, 9.17) is 33.0 Å². The van der Waals surface area contributed by atoms with Crippen molar-refractivity contribution in [3.63, 3.8) is 0 Å². The van der Waals surface area contributed by atoms with Gasteiger partial charge in [0.15, 0.2) is 0 Å². The number of amides is 3. The highest BCUT2D eigenvalue weighted by atomic mass is 35.5. The summed E-state index contributed by atoms with van der Waals surface area (Å²) in [6.45, 7) is 1.45. The second-order valence-electron chi connectivity index (χ2n) is 6.49. The Morgan fingerprint density at radius 1 is 1.21 bits per heavy atom. The summed E-state index contributed by atoms with van der Waals surface area (Å²) in [6, 6.07) is 11.9. The van der Waals surface area contributed by atoms with Crippen molar-refractivity contribution >= 4 is 46.7 Å². The predicted octanol–water partition coefficient (Wildman–Crippen LogP) is 4.37. The normalized spacial score (nSPS) is 13.3. The number of urea groups is 1. The number of hydrogen-bond acceptors (Lipinski definition) is 4. The lowest BCUT2D eigenvalue weighted by Gasteiger charge is -2.23. The van der Waals surface area contributed by atoms with E-state index in [-0.39, 0.29) is 12.6 Å². The number of halogens is 2. The van der Waals surface area contributed by atoms with Gasteiger partial charge in [-0.3, -0.25) is 4.90 Å². The van der Waals surface area contributed by atoms with Crippen LogP contribution < -0.4 is 10.2 Å². The van der Waals surface area contributed by atoms with Crippen LogP contribution >= 0.6 is 23.2 Å². The molecule has 3 rings (SSSR count). The fourth-order valence-corrected chi connectivity index (χ4v) is 3.28. The van der Waals surface area contributed by atoms with Crippen LogP contribution in [0.25, 0.3) is 0 Å². The number of nitrogens with one attached hydrogen (secondary N) is 1. The third-order valence-corrected chi connectivity index (χ3v) is 5.14. The van der Waals surface area contributed by atoms with E-state index in [0.717, 1.165) is 5.56 Å². The van der Waals surface area contributed by atoms with Gasteiger partial charge in [0.2, 0.25) is 0 Å². The number of anilines is 2. The van der Waals surface area contributed by atoms with E-state index in [1.807, 2.05) is 0 Å². The molecule has 0 radical (unpaired) electrons. The zero-order valence-corrected chi connectivity index (χ0v) is 17.1. The molecular formula is C20H21Cl2N3O4. The molecule has 0 bridgehead atoms. The highest BCUT2D eigenvalue weighted by molar-refractivity contribution is 6.42. The van der Waals surface area contributed by atoms with E-state index >= 15 is 0 Å². The molecule has 2 N–H and O–H groups in total. The summed E-state index contributed by atoms with van der Waals surface area (Å²) in [5.41, 5.74) is 2.02. The average Bonchev–Trinajstić information content (AvgIpc) is 3.14. The van der Waals surface area contributed by atoms with E-state index in [1.54, 1.807) is 47.4 Å². The third-order valence-electron chi connectivity index (χ3n) is 4.40. The second-order valence-corrected chi connectivity index (χ2v) is 7.31. The van der Waals surface area contributed by atoms with Crippen molar-refractivity contribution in [3.05, 3.63) is 58.1 Å². The molecule has 1 heterocycles. The molecule has 1 fully saturated rings. The van der Waals surface area contributed by atoms with Gasteiger partial charge in [-0.15, -0.1) is 0 Å². The molecule has 9 heteroatoms. The highest BCUT2D eigenvalue weighted by Crippen LogP contribution is 2.25. The number of benzene rings is 2. The number of cyclic esters (lactones) is 1. The topological polar surface area (TPSA) is 82.1 Å². The molecule has 1 saturated heterocycles. The molecule has 29 heavy (non-hydrogen) atoms. The fraction of sp³-hybridized carbons (Fsp3) is 0.300. The zero-order chi connectivity index (χ0) is 20.8. The Balaban J connectivity index is 1.72. The van der Waals surface area contributed by atoms with Crippen molar-refractivity contribution in [3.8, 4) is 0 Å². The minimum atomic E-state index is -0.405. The van der Waals surface area contributed by atoms with Crippen LogP contribution in [0.5, 0.6) is 0 Å². The molecular weight excluding hydrogens is 417 g/mol. The Labute approximate surface area is 178 Å². The quantitative estimate of drug-likeness (QED) is 0.673. The molecule has 154 valence electrons. The molecule has 0 atom stereocenters. The van der Waals surface area contributed by atoms with Crippen molar-refractivity contribution < 1.29 is 19.4 Å². The van der Waals surface area contributed by atoms with Gasteiger partial charge in [0, 0.05) is 31.1 Å². The van der Waals surface area contributed by atoms with E-state index in [1.165, 1.54) is 4.90 Å². The number of hydrogen-bond donors (Lipinski definition) is 2. The Bertz CT molecular complexity index is 894. The fourth-order valence-electron chi connectivity index (χ4n) is 2.95. The average molecular weight is 438 g/mol. The van der Waals surface area contributed by atoms with Crippen molar-refractivity contribution in [2.24, 2.45) is 0 Å². The molecule has 0 unspecified atom stereocenters. The first kappa shape index (κ1) is 21.2. The smallest absolute Gasteiger partial charge is 0.414 e. The van der Waals surface area contributed by atoms with Gasteiger partial charge in [0.25, 0.3) is 0 Å². The summed E-state index contributed by atoms with van der Waals surface area (Å²) in [7, 11) is 0. The van der Waals surface area contributed by atoms with Crippen molar-refractivity contribution in [2.45, 2.75) is 13.0 Å². The second kappa shape index (κ2) is 9.82. The first-order valence-electron chi connectivity index (χ1n) is 9.13. The van der Waals surface area contributed by atoms with Crippen LogP contribution in [0.2, 0.25) is 10.0 Å². The SMILES string of the molecule is O=C(Nc1cccc(N2CCOC2=O)c1)N(CCCO)Cc1ccc(Cl)c(Cl)c1. The number of carbonyl (C=O) groups is 2. The molecule has 0 aliphatic carbocycles. The summed E-state index contributed by atoms with van der Waals surface area (Å²) in [5.74, 6) is 0. The van der Waals surface area contributed by atoms with E-state index < -0.39 is 6.09 Å². The summed E-state index contributed by atoms with van der Waals surface area (Å²) in [4.78, 5) is 27.7. The molecule has 2 aromatic rings. The van der Waals surface area contributed by atoms with Gasteiger partial charge in [0.1, 0.15) is 6.61 Å². The van der Waals surface area contributed by atoms with Crippen LogP contribution in [0.3, 0.4) is 0 Å². The zero-order valence-electron chi connectivity index (χ0n) is 15.6. The molecule has 2 aromatic carbocycles. The lowest BCUT2D eigenvalue weighted by atomic mass is 10.2. The van der Waals surface area contributed by atoms with Gasteiger partial charge >= 0.3 is 12.1 Å². The predicted molar refractivity (Wildman–Crippen MR) is 113 cm³/mol. The third kappa shape index (κ3) is 5.53. The maximum absolute atomic E-state index is 12.8. The Morgan fingerprint density at radius 2 is 2.03 bits per heavy atom. The lowest BCUT2D eigenvalue weighted by Crippen LogP contribution is -2.35. The highest BCUT2D eigenvalue weighted by Gasteiger charge is 2.24. The first-order valence-corrected chi connectivity index (χ1v) is 9.88. The number of aliphatic hydroxyl groups excluding tert-OH is 1. The number of aliphatic hydroxyl groups is 1. The van der Waals surface area contributed by atoms with Gasteiger partial charge in [-0.2, -0.15) is 0 Å². The van der Waals surface area contributed by atoms with Crippen LogP contribution in [-0.4, -0.2) is 48.4 Å². The largest absolute Gasteiger partial charge is 0.447 e. The minimum Gasteiger partial charge on any atom is -0.447 e. The van der Waals surface area contributed by atoms with Crippen LogP contribution in [-0.2, 0) is 11.3 Å². The molecule has 1 aliphatic heterocycles. The summed E-state index contributed by atoms with van der Waals surface area (Å²) < 4.78 is 4.96. The maximum atomic E-state index is 12.8. The summed E-state index contributed by atoms with van der Waals surface area (Å²) in [5, 5.41) is 12.9. The minimum absolute atomic E-state index is 0.0300. The Kier molecular flexibility index (Phi) is 7.19. The number of carbonyl (C=O) groups excluding carboxylic acids is 2. The van der Waals surface area contributed by atoms with Gasteiger partial charge in [-0.1, -0.05) is 35.3 Å². The van der Waals surface area contributed by atoms with Gasteiger partial charge in [-0.25, -0.2) is 9.59 Å².